The molecule has 8 heteroatoms. The molecule has 1 N–H and O–H groups in total. The Morgan fingerprint density at radius 1 is 1.00 bits per heavy atom. The second kappa shape index (κ2) is 9.40. The minimum atomic E-state index is -0.773. The second-order valence-corrected chi connectivity index (χ2v) is 8.32. The van der Waals surface area contributed by atoms with E-state index in [4.69, 9.17) is 27.9 Å². The van der Waals surface area contributed by atoms with Crippen LogP contribution in [0.3, 0.4) is 0 Å². The standard InChI is InChI=1S/C23H22Cl2N2O4/c24-16-7-5-15(6-8-16)21(28)19-20(17-3-1-2-4-18(17)25)27(23(30)22(19)29)10-9-26-11-13-31-14-12-26/h1-8,20,28H,9-14H2/b21-19-. The third kappa shape index (κ3) is 4.48. The fraction of sp³-hybridized carbons (Fsp3) is 0.304. The van der Waals surface area contributed by atoms with E-state index in [9.17, 15) is 14.7 Å². The number of nitrogens with zero attached hydrogens (tertiary/aromatic N) is 2. The van der Waals surface area contributed by atoms with Gasteiger partial charge in [-0.15, -0.1) is 0 Å². The lowest BCUT2D eigenvalue weighted by molar-refractivity contribution is -0.140. The van der Waals surface area contributed by atoms with Crippen molar-refractivity contribution in [1.82, 2.24) is 9.80 Å². The minimum absolute atomic E-state index is 0.0300. The van der Waals surface area contributed by atoms with E-state index in [1.54, 1.807) is 48.5 Å². The van der Waals surface area contributed by atoms with Gasteiger partial charge in [-0.1, -0.05) is 41.4 Å². The van der Waals surface area contributed by atoms with E-state index in [0.29, 0.717) is 47.5 Å². The van der Waals surface area contributed by atoms with Gasteiger partial charge in [0.25, 0.3) is 11.7 Å². The van der Waals surface area contributed by atoms with Crippen LogP contribution >= 0.6 is 23.2 Å². The molecule has 6 nitrogen and oxygen atoms in total. The monoisotopic (exact) mass is 460 g/mol. The Bertz CT molecular complexity index is 1020. The summed E-state index contributed by atoms with van der Waals surface area (Å²) in [6.45, 7) is 3.75. The van der Waals surface area contributed by atoms with Crippen LogP contribution in [0.25, 0.3) is 5.76 Å². The van der Waals surface area contributed by atoms with Gasteiger partial charge in [-0.25, -0.2) is 0 Å². The number of ketones is 1. The molecule has 4 rings (SSSR count). The van der Waals surface area contributed by atoms with Crippen molar-refractivity contribution in [3.63, 3.8) is 0 Å². The first kappa shape index (κ1) is 21.8. The van der Waals surface area contributed by atoms with Crippen molar-refractivity contribution in [2.75, 3.05) is 39.4 Å². The Morgan fingerprint density at radius 3 is 2.35 bits per heavy atom. The Morgan fingerprint density at radius 2 is 1.68 bits per heavy atom. The molecule has 1 atom stereocenters. The van der Waals surface area contributed by atoms with Crippen LogP contribution in [0, 0.1) is 0 Å². The summed E-state index contributed by atoms with van der Waals surface area (Å²) in [6, 6.07) is 12.8. The van der Waals surface area contributed by atoms with Crippen LogP contribution in [0.5, 0.6) is 0 Å². The van der Waals surface area contributed by atoms with E-state index in [1.807, 2.05) is 0 Å². The Hall–Kier alpha value is -2.38. The van der Waals surface area contributed by atoms with Gasteiger partial charge in [0, 0.05) is 41.8 Å². The van der Waals surface area contributed by atoms with E-state index >= 15 is 0 Å². The normalized spacial score (nSPS) is 21.6. The zero-order valence-electron chi connectivity index (χ0n) is 16.8. The number of morpholine rings is 1. The van der Waals surface area contributed by atoms with Crippen molar-refractivity contribution in [2.45, 2.75) is 6.04 Å². The van der Waals surface area contributed by atoms with Crippen molar-refractivity contribution in [2.24, 2.45) is 0 Å². The van der Waals surface area contributed by atoms with E-state index in [1.165, 1.54) is 4.90 Å². The maximum atomic E-state index is 13.0. The predicted molar refractivity (Wildman–Crippen MR) is 119 cm³/mol. The Labute approximate surface area is 190 Å². The number of hydrogen-bond acceptors (Lipinski definition) is 5. The molecule has 31 heavy (non-hydrogen) atoms. The van der Waals surface area contributed by atoms with Gasteiger partial charge in [0.05, 0.1) is 24.8 Å². The van der Waals surface area contributed by atoms with E-state index < -0.39 is 17.7 Å². The van der Waals surface area contributed by atoms with Gasteiger partial charge in [0.15, 0.2) is 0 Å². The van der Waals surface area contributed by atoms with Crippen LogP contribution in [-0.2, 0) is 14.3 Å². The summed E-state index contributed by atoms with van der Waals surface area (Å²) < 4.78 is 5.38. The topological polar surface area (TPSA) is 70.1 Å². The maximum Gasteiger partial charge on any atom is 0.295 e. The number of hydrogen-bond donors (Lipinski definition) is 1. The van der Waals surface area contributed by atoms with Crippen LogP contribution in [0.4, 0.5) is 0 Å². The number of likely N-dealkylation sites (tertiary alicyclic amines) is 1. The van der Waals surface area contributed by atoms with Gasteiger partial charge in [-0.3, -0.25) is 14.5 Å². The summed E-state index contributed by atoms with van der Waals surface area (Å²) in [5, 5.41) is 12.0. The van der Waals surface area contributed by atoms with Crippen molar-refractivity contribution in [1.29, 1.82) is 0 Å². The maximum absolute atomic E-state index is 13.0. The highest BCUT2D eigenvalue weighted by Crippen LogP contribution is 2.41. The summed E-state index contributed by atoms with van der Waals surface area (Å²) in [5.74, 6) is -1.61. The molecule has 1 amide bonds. The number of carbonyl (C=O) groups is 2. The quantitative estimate of drug-likeness (QED) is 0.418. The molecule has 0 bridgehead atoms. The molecule has 0 radical (unpaired) electrons. The van der Waals surface area contributed by atoms with Crippen LogP contribution in [-0.4, -0.2) is 66.0 Å². The summed E-state index contributed by atoms with van der Waals surface area (Å²) in [6.07, 6.45) is 0. The van der Waals surface area contributed by atoms with Crippen molar-refractivity contribution < 1.29 is 19.4 Å². The summed E-state index contributed by atoms with van der Waals surface area (Å²) in [5.41, 5.74) is 1.04. The first-order chi connectivity index (χ1) is 15.0. The molecule has 1 unspecified atom stereocenters. The first-order valence-electron chi connectivity index (χ1n) is 10.1. The lowest BCUT2D eigenvalue weighted by Crippen LogP contribution is -2.42. The lowest BCUT2D eigenvalue weighted by atomic mass is 9.95. The molecular weight excluding hydrogens is 439 g/mol. The molecular formula is C23H22Cl2N2O4. The minimum Gasteiger partial charge on any atom is -0.507 e. The average molecular weight is 461 g/mol. The predicted octanol–water partition coefficient (Wildman–Crippen LogP) is 3.75. The number of halogens is 2. The molecule has 2 heterocycles. The number of aliphatic hydroxyl groups is 1. The molecule has 2 saturated heterocycles. The highest BCUT2D eigenvalue weighted by Gasteiger charge is 2.46. The summed E-state index contributed by atoms with van der Waals surface area (Å²) in [7, 11) is 0. The van der Waals surface area contributed by atoms with Crippen LogP contribution in [0.2, 0.25) is 10.0 Å². The molecule has 162 valence electrons. The molecule has 2 aromatic carbocycles. The van der Waals surface area contributed by atoms with Gasteiger partial charge >= 0.3 is 0 Å². The molecule has 2 aliphatic heterocycles. The van der Waals surface area contributed by atoms with Gasteiger partial charge in [0.2, 0.25) is 0 Å². The molecule has 0 saturated carbocycles. The summed E-state index contributed by atoms with van der Waals surface area (Å²) in [4.78, 5) is 29.7. The number of carbonyl (C=O) groups excluding carboxylic acids is 2. The van der Waals surface area contributed by atoms with E-state index in [2.05, 4.69) is 4.90 Å². The van der Waals surface area contributed by atoms with E-state index in [-0.39, 0.29) is 11.3 Å². The summed E-state index contributed by atoms with van der Waals surface area (Å²) >= 11 is 12.4. The van der Waals surface area contributed by atoms with Gasteiger partial charge in [0.1, 0.15) is 5.76 Å². The molecule has 0 aliphatic carbocycles. The van der Waals surface area contributed by atoms with Crippen LogP contribution in [0.1, 0.15) is 17.2 Å². The highest BCUT2D eigenvalue weighted by molar-refractivity contribution is 6.47. The number of ether oxygens (including phenoxy) is 1. The number of aliphatic hydroxyl groups excluding tert-OH is 1. The fourth-order valence-electron chi connectivity index (χ4n) is 3.97. The number of benzene rings is 2. The van der Waals surface area contributed by atoms with E-state index in [0.717, 1.165) is 13.1 Å². The largest absolute Gasteiger partial charge is 0.507 e. The van der Waals surface area contributed by atoms with Gasteiger partial charge < -0.3 is 14.7 Å². The number of amides is 1. The Kier molecular flexibility index (Phi) is 6.62. The SMILES string of the molecule is O=C1C(=O)N(CCN2CCOCC2)C(c2ccccc2Cl)/C1=C(/O)c1ccc(Cl)cc1. The van der Waals surface area contributed by atoms with Gasteiger partial charge in [-0.05, 0) is 35.9 Å². The second-order valence-electron chi connectivity index (χ2n) is 7.47. The zero-order chi connectivity index (χ0) is 22.0. The third-order valence-corrected chi connectivity index (χ3v) is 6.21. The van der Waals surface area contributed by atoms with Crippen LogP contribution < -0.4 is 0 Å². The molecule has 0 aromatic heterocycles. The molecule has 2 fully saturated rings. The molecule has 2 aromatic rings. The smallest absolute Gasteiger partial charge is 0.295 e. The first-order valence-corrected chi connectivity index (χ1v) is 10.8. The van der Waals surface area contributed by atoms with Gasteiger partial charge in [-0.2, -0.15) is 0 Å². The van der Waals surface area contributed by atoms with Crippen LogP contribution in [0.15, 0.2) is 54.1 Å². The zero-order valence-corrected chi connectivity index (χ0v) is 18.3. The lowest BCUT2D eigenvalue weighted by Gasteiger charge is -2.31. The average Bonchev–Trinajstić information content (AvgIpc) is 3.03. The third-order valence-electron chi connectivity index (χ3n) is 5.62. The molecule has 0 spiro atoms. The molecule has 2 aliphatic rings. The number of Topliss-reactive ketones (excluding diaryl/α,β-unsaturated/α-hetero) is 1. The Balaban J connectivity index is 1.75. The fourth-order valence-corrected chi connectivity index (χ4v) is 4.33. The number of rotatable bonds is 5. The highest BCUT2D eigenvalue weighted by atomic mass is 35.5. The van der Waals surface area contributed by atoms with Crippen molar-refractivity contribution >= 4 is 40.7 Å². The van der Waals surface area contributed by atoms with Crippen molar-refractivity contribution in [3.8, 4) is 0 Å². The van der Waals surface area contributed by atoms with Crippen molar-refractivity contribution in [3.05, 3.63) is 75.3 Å².